The van der Waals surface area contributed by atoms with Crippen molar-refractivity contribution < 1.29 is 9.90 Å². The van der Waals surface area contributed by atoms with E-state index in [4.69, 9.17) is 4.98 Å². The highest BCUT2D eigenvalue weighted by molar-refractivity contribution is 5.92. The zero-order valence-corrected chi connectivity index (χ0v) is 16.2. The van der Waals surface area contributed by atoms with E-state index in [1.165, 1.54) is 0 Å². The van der Waals surface area contributed by atoms with Crippen LogP contribution in [-0.2, 0) is 18.3 Å². The zero-order valence-electron chi connectivity index (χ0n) is 16.2. The fraction of sp³-hybridized carbons (Fsp3) is 0.381. The maximum atomic E-state index is 12.4. The number of hydrogen-bond donors (Lipinski definition) is 2. The van der Waals surface area contributed by atoms with Gasteiger partial charge in [-0.2, -0.15) is 5.10 Å². The Bertz CT molecular complexity index is 999. The van der Waals surface area contributed by atoms with Crippen LogP contribution in [0.4, 0.5) is 5.69 Å². The molecule has 2 atom stereocenters. The van der Waals surface area contributed by atoms with Gasteiger partial charge >= 0.3 is 0 Å². The quantitative estimate of drug-likeness (QED) is 0.706. The number of nitrogens with zero attached hydrogens (tertiary/aromatic N) is 4. The molecular weight excluding hydrogens is 354 g/mol. The number of nitrogens with one attached hydrogen (secondary N) is 1. The monoisotopic (exact) mass is 379 g/mol. The normalized spacial score (nSPS) is 20.0. The molecule has 0 saturated carbocycles. The average Bonchev–Trinajstić information content (AvgIpc) is 3.17. The van der Waals surface area contributed by atoms with Gasteiger partial charge in [-0.05, 0) is 25.5 Å². The van der Waals surface area contributed by atoms with Crippen molar-refractivity contribution in [2.45, 2.75) is 19.4 Å². The summed E-state index contributed by atoms with van der Waals surface area (Å²) >= 11 is 0. The van der Waals surface area contributed by atoms with Crippen LogP contribution >= 0.6 is 0 Å². The number of benzene rings is 1. The smallest absolute Gasteiger partial charge is 0.238 e. The lowest BCUT2D eigenvalue weighted by Gasteiger charge is -2.15. The number of amides is 1. The van der Waals surface area contributed by atoms with Crippen molar-refractivity contribution in [2.75, 3.05) is 25.0 Å². The van der Waals surface area contributed by atoms with Gasteiger partial charge in [0.1, 0.15) is 0 Å². The number of aromatic nitrogens is 3. The standard InChI is InChI=1S/C21H25N5O2/c1-14-19(10-22-25(14)2)24-21(28)13-26-11-16(20(27)12-26)9-17-8-7-15-5-3-4-6-18(15)23-17/h3-8,10,16,20,27H,9,11-13H2,1-2H3,(H,24,28)/t16-,20-/m1/s1. The molecule has 1 amide bonds. The zero-order chi connectivity index (χ0) is 19.7. The molecule has 3 heterocycles. The average molecular weight is 379 g/mol. The molecule has 7 heteroatoms. The van der Waals surface area contributed by atoms with Crippen molar-refractivity contribution in [3.63, 3.8) is 0 Å². The molecule has 0 spiro atoms. The number of rotatable bonds is 5. The van der Waals surface area contributed by atoms with Crippen molar-refractivity contribution in [3.05, 3.63) is 54.0 Å². The molecular formula is C21H25N5O2. The van der Waals surface area contributed by atoms with E-state index in [2.05, 4.69) is 16.5 Å². The number of aryl methyl sites for hydroxylation is 1. The first-order valence-corrected chi connectivity index (χ1v) is 9.53. The van der Waals surface area contributed by atoms with Crippen LogP contribution < -0.4 is 5.32 Å². The number of para-hydroxylation sites is 1. The summed E-state index contributed by atoms with van der Waals surface area (Å²) in [5, 5.41) is 18.6. The highest BCUT2D eigenvalue weighted by Gasteiger charge is 2.32. The first kappa shape index (κ1) is 18.6. The molecule has 3 aromatic rings. The number of hydrogen-bond acceptors (Lipinski definition) is 5. The Hall–Kier alpha value is -2.77. The third-order valence-electron chi connectivity index (χ3n) is 5.49. The van der Waals surface area contributed by atoms with E-state index in [1.54, 1.807) is 10.9 Å². The van der Waals surface area contributed by atoms with Gasteiger partial charge in [-0.25, -0.2) is 0 Å². The summed E-state index contributed by atoms with van der Waals surface area (Å²) in [5.74, 6) is -0.0191. The topological polar surface area (TPSA) is 83.3 Å². The summed E-state index contributed by atoms with van der Waals surface area (Å²) < 4.78 is 1.72. The second kappa shape index (κ2) is 7.69. The van der Waals surface area contributed by atoms with Crippen molar-refractivity contribution in [3.8, 4) is 0 Å². The van der Waals surface area contributed by atoms with Crippen LogP contribution in [0.15, 0.2) is 42.6 Å². The Labute approximate surface area is 164 Å². The molecule has 2 aromatic heterocycles. The number of carbonyl (C=O) groups excluding carboxylic acids is 1. The fourth-order valence-corrected chi connectivity index (χ4v) is 3.78. The number of fused-ring (bicyclic) bond motifs is 1. The summed E-state index contributed by atoms with van der Waals surface area (Å²) in [6.07, 6.45) is 1.90. The summed E-state index contributed by atoms with van der Waals surface area (Å²) in [5.41, 5.74) is 3.58. The molecule has 0 aliphatic carbocycles. The minimum absolute atomic E-state index is 0.0709. The van der Waals surface area contributed by atoms with E-state index in [0.29, 0.717) is 19.5 Å². The molecule has 28 heavy (non-hydrogen) atoms. The van der Waals surface area contributed by atoms with Crippen molar-refractivity contribution in [2.24, 2.45) is 13.0 Å². The van der Waals surface area contributed by atoms with E-state index in [0.717, 1.165) is 28.0 Å². The highest BCUT2D eigenvalue weighted by Crippen LogP contribution is 2.22. The van der Waals surface area contributed by atoms with Crippen LogP contribution in [0.25, 0.3) is 10.9 Å². The van der Waals surface area contributed by atoms with Crippen molar-refractivity contribution in [1.29, 1.82) is 0 Å². The van der Waals surface area contributed by atoms with E-state index in [-0.39, 0.29) is 18.4 Å². The lowest BCUT2D eigenvalue weighted by Crippen LogP contribution is -2.32. The molecule has 1 fully saturated rings. The number of likely N-dealkylation sites (tertiary alicyclic amines) is 1. The first-order valence-electron chi connectivity index (χ1n) is 9.53. The summed E-state index contributed by atoms with van der Waals surface area (Å²) in [6, 6.07) is 12.1. The third-order valence-corrected chi connectivity index (χ3v) is 5.49. The Kier molecular flexibility index (Phi) is 5.11. The molecule has 1 aliphatic rings. The number of aliphatic hydroxyl groups excluding tert-OH is 1. The van der Waals surface area contributed by atoms with Crippen LogP contribution in [0.1, 0.15) is 11.4 Å². The second-order valence-corrected chi connectivity index (χ2v) is 7.54. The molecule has 0 bridgehead atoms. The van der Waals surface area contributed by atoms with Gasteiger partial charge in [-0.3, -0.25) is 19.4 Å². The first-order chi connectivity index (χ1) is 13.5. The molecule has 146 valence electrons. The predicted octanol–water partition coefficient (Wildman–Crippen LogP) is 1.75. The maximum Gasteiger partial charge on any atom is 0.238 e. The van der Waals surface area contributed by atoms with E-state index in [1.807, 2.05) is 49.2 Å². The van der Waals surface area contributed by atoms with E-state index >= 15 is 0 Å². The third kappa shape index (κ3) is 3.90. The molecule has 0 unspecified atom stereocenters. The molecule has 0 radical (unpaired) electrons. The minimum atomic E-state index is -0.457. The van der Waals surface area contributed by atoms with Gasteiger partial charge in [-0.1, -0.05) is 24.3 Å². The highest BCUT2D eigenvalue weighted by atomic mass is 16.3. The summed E-state index contributed by atoms with van der Waals surface area (Å²) in [7, 11) is 1.84. The molecule has 1 aromatic carbocycles. The van der Waals surface area contributed by atoms with Crippen molar-refractivity contribution in [1.82, 2.24) is 19.7 Å². The van der Waals surface area contributed by atoms with Gasteiger partial charge in [0.25, 0.3) is 0 Å². The Morgan fingerprint density at radius 3 is 2.86 bits per heavy atom. The number of carbonyl (C=O) groups is 1. The lowest BCUT2D eigenvalue weighted by molar-refractivity contribution is -0.117. The van der Waals surface area contributed by atoms with Crippen LogP contribution in [0.2, 0.25) is 0 Å². The maximum absolute atomic E-state index is 12.4. The minimum Gasteiger partial charge on any atom is -0.391 e. The molecule has 4 rings (SSSR count). The Morgan fingerprint density at radius 2 is 2.07 bits per heavy atom. The number of β-amino-alcohol motifs (C(OH)–C–C–N with tert-alkyl or cyclic N) is 1. The SMILES string of the molecule is Cc1c(NC(=O)CN2C[C@@H](Cc3ccc4ccccc4n3)[C@H](O)C2)cnn1C. The molecule has 2 N–H and O–H groups in total. The van der Waals surface area contributed by atoms with Gasteiger partial charge in [-0.15, -0.1) is 0 Å². The molecule has 1 aliphatic heterocycles. The lowest BCUT2D eigenvalue weighted by atomic mass is 9.99. The second-order valence-electron chi connectivity index (χ2n) is 7.54. The predicted molar refractivity (Wildman–Crippen MR) is 108 cm³/mol. The van der Waals surface area contributed by atoms with Gasteiger partial charge in [0.2, 0.25) is 5.91 Å². The summed E-state index contributed by atoms with van der Waals surface area (Å²) in [4.78, 5) is 19.1. The number of anilines is 1. The van der Waals surface area contributed by atoms with Crippen LogP contribution in [0, 0.1) is 12.8 Å². The Morgan fingerprint density at radius 1 is 1.25 bits per heavy atom. The van der Waals surface area contributed by atoms with Crippen LogP contribution in [-0.4, -0.2) is 56.4 Å². The van der Waals surface area contributed by atoms with Crippen LogP contribution in [0.5, 0.6) is 0 Å². The van der Waals surface area contributed by atoms with Crippen molar-refractivity contribution >= 4 is 22.5 Å². The fourth-order valence-electron chi connectivity index (χ4n) is 3.78. The Balaban J connectivity index is 1.36. The molecule has 1 saturated heterocycles. The molecule has 7 nitrogen and oxygen atoms in total. The van der Waals surface area contributed by atoms with Gasteiger partial charge in [0, 0.05) is 37.1 Å². The largest absolute Gasteiger partial charge is 0.391 e. The van der Waals surface area contributed by atoms with E-state index < -0.39 is 6.10 Å². The van der Waals surface area contributed by atoms with E-state index in [9.17, 15) is 9.90 Å². The summed E-state index contributed by atoms with van der Waals surface area (Å²) in [6.45, 7) is 3.34. The number of aliphatic hydroxyl groups is 1. The number of pyridine rings is 1. The van der Waals surface area contributed by atoms with Gasteiger partial charge < -0.3 is 10.4 Å². The van der Waals surface area contributed by atoms with Crippen LogP contribution in [0.3, 0.4) is 0 Å². The van der Waals surface area contributed by atoms with Gasteiger partial charge in [0.15, 0.2) is 0 Å². The van der Waals surface area contributed by atoms with Gasteiger partial charge in [0.05, 0.1) is 35.7 Å².